The lowest BCUT2D eigenvalue weighted by Crippen LogP contribution is -2.13. The van der Waals surface area contributed by atoms with Crippen LogP contribution in [0.3, 0.4) is 0 Å². The van der Waals surface area contributed by atoms with Crippen LogP contribution in [0.5, 0.6) is 0 Å². The molecule has 116 valence electrons. The molecule has 0 atom stereocenters. The molecule has 2 heterocycles. The zero-order valence-electron chi connectivity index (χ0n) is 13.0. The Morgan fingerprint density at radius 3 is 2.86 bits per heavy atom. The monoisotopic (exact) mass is 317 g/mol. The summed E-state index contributed by atoms with van der Waals surface area (Å²) in [5.74, 6) is 1.69. The first kappa shape index (κ1) is 15.2. The van der Waals surface area contributed by atoms with Crippen molar-refractivity contribution in [2.75, 3.05) is 0 Å². The van der Waals surface area contributed by atoms with E-state index in [0.29, 0.717) is 22.9 Å². The number of rotatable bonds is 3. The summed E-state index contributed by atoms with van der Waals surface area (Å²) in [6.07, 6.45) is 4.01. The van der Waals surface area contributed by atoms with Crippen molar-refractivity contribution >= 4 is 17.5 Å². The van der Waals surface area contributed by atoms with Gasteiger partial charge in [-0.2, -0.15) is 0 Å². The van der Waals surface area contributed by atoms with Gasteiger partial charge in [0.15, 0.2) is 10.9 Å². The van der Waals surface area contributed by atoms with E-state index in [4.69, 9.17) is 4.52 Å². The summed E-state index contributed by atoms with van der Waals surface area (Å²) in [4.78, 5) is 20.6. The van der Waals surface area contributed by atoms with E-state index in [1.54, 1.807) is 6.20 Å². The summed E-state index contributed by atoms with van der Waals surface area (Å²) in [6.45, 7) is 6.27. The van der Waals surface area contributed by atoms with Gasteiger partial charge in [0.1, 0.15) is 5.76 Å². The Hall–Kier alpha value is -1.69. The smallest absolute Gasteiger partial charge is 0.188 e. The second-order valence-electron chi connectivity index (χ2n) is 6.51. The Morgan fingerprint density at radius 2 is 2.14 bits per heavy atom. The molecular formula is C16H19N3O2S. The van der Waals surface area contributed by atoms with Gasteiger partial charge >= 0.3 is 0 Å². The number of carbonyl (C=O) groups excluding carboxylic acids is 1. The van der Waals surface area contributed by atoms with E-state index in [1.165, 1.54) is 11.8 Å². The van der Waals surface area contributed by atoms with Gasteiger partial charge in [-0.25, -0.2) is 9.97 Å². The molecule has 0 N–H and O–H groups in total. The molecule has 0 radical (unpaired) electrons. The average Bonchev–Trinajstić information content (AvgIpc) is 2.94. The highest BCUT2D eigenvalue weighted by Crippen LogP contribution is 2.27. The van der Waals surface area contributed by atoms with E-state index >= 15 is 0 Å². The van der Waals surface area contributed by atoms with Crippen molar-refractivity contribution in [3.05, 3.63) is 35.0 Å². The second kappa shape index (κ2) is 5.83. The van der Waals surface area contributed by atoms with E-state index in [0.717, 1.165) is 30.0 Å². The molecule has 1 aliphatic rings. The molecule has 0 aliphatic heterocycles. The highest BCUT2D eigenvalue weighted by Gasteiger charge is 2.21. The number of aromatic nitrogens is 3. The van der Waals surface area contributed by atoms with Crippen LogP contribution in [-0.4, -0.2) is 20.9 Å². The van der Waals surface area contributed by atoms with Gasteiger partial charge in [0.2, 0.25) is 0 Å². The SMILES string of the molecule is CC(C)(C)c1cc(CSc2ncc3c(n2)CCCC3=O)no1. The Labute approximate surface area is 133 Å². The first-order valence-corrected chi connectivity index (χ1v) is 8.40. The van der Waals surface area contributed by atoms with Crippen LogP contribution in [0.4, 0.5) is 0 Å². The van der Waals surface area contributed by atoms with Gasteiger partial charge < -0.3 is 4.52 Å². The van der Waals surface area contributed by atoms with Crippen molar-refractivity contribution in [3.63, 3.8) is 0 Å². The fraction of sp³-hybridized carbons (Fsp3) is 0.500. The summed E-state index contributed by atoms with van der Waals surface area (Å²) in [6, 6.07) is 1.98. The lowest BCUT2D eigenvalue weighted by molar-refractivity contribution is 0.0970. The van der Waals surface area contributed by atoms with Gasteiger partial charge in [0.25, 0.3) is 0 Å². The van der Waals surface area contributed by atoms with Gasteiger partial charge in [-0.05, 0) is 12.8 Å². The maximum atomic E-state index is 11.8. The third-order valence-corrected chi connectivity index (χ3v) is 4.51. The van der Waals surface area contributed by atoms with Crippen LogP contribution in [0.2, 0.25) is 0 Å². The van der Waals surface area contributed by atoms with E-state index < -0.39 is 0 Å². The van der Waals surface area contributed by atoms with Crippen molar-refractivity contribution in [1.82, 2.24) is 15.1 Å². The molecule has 0 aromatic carbocycles. The van der Waals surface area contributed by atoms with Crippen LogP contribution in [0.25, 0.3) is 0 Å². The number of nitrogens with zero attached hydrogens (tertiary/aromatic N) is 3. The van der Waals surface area contributed by atoms with Gasteiger partial charge in [0.05, 0.1) is 17.0 Å². The number of thioether (sulfide) groups is 1. The quantitative estimate of drug-likeness (QED) is 0.636. The molecule has 3 rings (SSSR count). The summed E-state index contributed by atoms with van der Waals surface area (Å²) < 4.78 is 5.37. The lowest BCUT2D eigenvalue weighted by atomic mass is 9.93. The van der Waals surface area contributed by atoms with Crippen LogP contribution in [-0.2, 0) is 17.6 Å². The maximum Gasteiger partial charge on any atom is 0.188 e. The third-order valence-electron chi connectivity index (χ3n) is 3.61. The zero-order chi connectivity index (χ0) is 15.7. The van der Waals surface area contributed by atoms with Crippen molar-refractivity contribution in [3.8, 4) is 0 Å². The molecule has 2 aromatic rings. The van der Waals surface area contributed by atoms with E-state index in [9.17, 15) is 4.79 Å². The van der Waals surface area contributed by atoms with Crippen molar-refractivity contribution in [1.29, 1.82) is 0 Å². The van der Waals surface area contributed by atoms with Crippen LogP contribution >= 0.6 is 11.8 Å². The summed E-state index contributed by atoms with van der Waals surface area (Å²) >= 11 is 1.52. The predicted octanol–water partition coefficient (Wildman–Crippen LogP) is 3.57. The summed E-state index contributed by atoms with van der Waals surface area (Å²) in [5.41, 5.74) is 2.40. The van der Waals surface area contributed by atoms with Crippen LogP contribution in [0.15, 0.2) is 21.9 Å². The Balaban J connectivity index is 1.69. The minimum Gasteiger partial charge on any atom is -0.361 e. The van der Waals surface area contributed by atoms with Gasteiger partial charge in [-0.15, -0.1) is 0 Å². The van der Waals surface area contributed by atoms with E-state index in [1.807, 2.05) is 6.07 Å². The summed E-state index contributed by atoms with van der Waals surface area (Å²) in [5, 5.41) is 4.78. The molecule has 0 amide bonds. The molecule has 1 aliphatic carbocycles. The number of hydrogen-bond donors (Lipinski definition) is 0. The first-order valence-electron chi connectivity index (χ1n) is 7.41. The van der Waals surface area contributed by atoms with Crippen molar-refractivity contribution < 1.29 is 9.32 Å². The molecule has 0 saturated heterocycles. The van der Waals surface area contributed by atoms with Crippen LogP contribution in [0, 0.1) is 0 Å². The molecule has 22 heavy (non-hydrogen) atoms. The van der Waals surface area contributed by atoms with E-state index in [2.05, 4.69) is 35.9 Å². The minimum atomic E-state index is -0.0431. The van der Waals surface area contributed by atoms with Crippen LogP contribution < -0.4 is 0 Å². The maximum absolute atomic E-state index is 11.8. The summed E-state index contributed by atoms with van der Waals surface area (Å²) in [7, 11) is 0. The molecule has 5 nitrogen and oxygen atoms in total. The normalized spacial score (nSPS) is 15.0. The molecule has 0 saturated carbocycles. The standard InChI is InChI=1S/C16H19N3O2S/c1-16(2,3)14-7-10(19-21-14)9-22-15-17-8-11-12(18-15)5-4-6-13(11)20/h7-8H,4-6,9H2,1-3H3. The second-order valence-corrected chi connectivity index (χ2v) is 7.45. The number of ketones is 1. The van der Waals surface area contributed by atoms with Gasteiger partial charge in [0, 0.05) is 29.9 Å². The zero-order valence-corrected chi connectivity index (χ0v) is 13.9. The van der Waals surface area contributed by atoms with Crippen LogP contribution in [0.1, 0.15) is 61.1 Å². The number of hydrogen-bond acceptors (Lipinski definition) is 6. The highest BCUT2D eigenvalue weighted by atomic mass is 32.2. The fourth-order valence-corrected chi connectivity index (χ4v) is 3.03. The third kappa shape index (κ3) is 3.21. The molecular weight excluding hydrogens is 298 g/mol. The van der Waals surface area contributed by atoms with Crippen molar-refractivity contribution in [2.24, 2.45) is 0 Å². The number of fused-ring (bicyclic) bond motifs is 1. The number of carbonyl (C=O) groups is 1. The molecule has 0 spiro atoms. The fourth-order valence-electron chi connectivity index (χ4n) is 2.31. The Bertz CT molecular complexity index is 704. The van der Waals surface area contributed by atoms with Gasteiger partial charge in [-0.1, -0.05) is 37.7 Å². The van der Waals surface area contributed by atoms with E-state index in [-0.39, 0.29) is 11.2 Å². The minimum absolute atomic E-state index is 0.0431. The lowest BCUT2D eigenvalue weighted by Gasteiger charge is -2.13. The van der Waals surface area contributed by atoms with Crippen molar-refractivity contribution in [2.45, 2.75) is 56.4 Å². The topological polar surface area (TPSA) is 68.9 Å². The van der Waals surface area contributed by atoms with Gasteiger partial charge in [-0.3, -0.25) is 4.79 Å². The largest absolute Gasteiger partial charge is 0.361 e. The predicted molar refractivity (Wildman–Crippen MR) is 84.1 cm³/mol. The highest BCUT2D eigenvalue weighted by molar-refractivity contribution is 7.98. The molecule has 6 heteroatoms. The molecule has 2 aromatic heterocycles. The molecule has 0 fully saturated rings. The number of Topliss-reactive ketones (excluding diaryl/α,β-unsaturated/α-hetero) is 1. The first-order chi connectivity index (χ1) is 10.4. The molecule has 0 bridgehead atoms. The Morgan fingerprint density at radius 1 is 1.32 bits per heavy atom. The number of aryl methyl sites for hydroxylation is 1. The Kier molecular flexibility index (Phi) is 4.04. The molecule has 0 unspecified atom stereocenters. The average molecular weight is 317 g/mol.